The summed E-state index contributed by atoms with van der Waals surface area (Å²) in [6.07, 6.45) is 0. The molecule has 0 fully saturated rings. The van der Waals surface area contributed by atoms with Gasteiger partial charge in [-0.3, -0.25) is 4.79 Å². The van der Waals surface area contributed by atoms with Gasteiger partial charge in [0.2, 0.25) is 5.91 Å². The van der Waals surface area contributed by atoms with Gasteiger partial charge in [0.25, 0.3) is 0 Å². The van der Waals surface area contributed by atoms with Crippen LogP contribution in [0.25, 0.3) is 0 Å². The number of hydrogen-bond donors (Lipinski definition) is 2. The smallest absolute Gasteiger partial charge is 0.338 e. The van der Waals surface area contributed by atoms with Gasteiger partial charge in [-0.15, -0.1) is 0 Å². The summed E-state index contributed by atoms with van der Waals surface area (Å²) in [5.74, 6) is -2.07. The van der Waals surface area contributed by atoms with E-state index in [1.807, 2.05) is 0 Å². The van der Waals surface area contributed by atoms with Crippen LogP contribution in [0.4, 0.5) is 0 Å². The third kappa shape index (κ3) is 1.78. The lowest BCUT2D eigenvalue weighted by atomic mass is 10.1. The highest BCUT2D eigenvalue weighted by molar-refractivity contribution is 6.34. The summed E-state index contributed by atoms with van der Waals surface area (Å²) in [4.78, 5) is 21.4. The van der Waals surface area contributed by atoms with Gasteiger partial charge in [0.05, 0.1) is 16.1 Å². The molecular formula is C8H6ClNO3. The number of primary amides is 1. The number of hydrogen-bond acceptors (Lipinski definition) is 2. The summed E-state index contributed by atoms with van der Waals surface area (Å²) in [7, 11) is 0. The predicted molar refractivity (Wildman–Crippen MR) is 46.9 cm³/mol. The van der Waals surface area contributed by atoms with Crippen molar-refractivity contribution in [3.05, 3.63) is 34.3 Å². The second kappa shape index (κ2) is 3.45. The Bertz CT molecular complexity index is 376. The molecule has 0 aliphatic rings. The molecule has 4 nitrogen and oxygen atoms in total. The number of amides is 1. The topological polar surface area (TPSA) is 80.4 Å². The summed E-state index contributed by atoms with van der Waals surface area (Å²) in [5, 5.41) is 8.71. The van der Waals surface area contributed by atoms with Gasteiger partial charge < -0.3 is 10.8 Å². The number of benzene rings is 1. The van der Waals surface area contributed by atoms with E-state index in [1.54, 1.807) is 0 Å². The molecule has 1 aromatic rings. The van der Waals surface area contributed by atoms with Crippen LogP contribution in [0.3, 0.4) is 0 Å². The summed E-state index contributed by atoms with van der Waals surface area (Å²) < 4.78 is 0. The molecule has 5 heteroatoms. The Morgan fingerprint density at radius 2 is 2.00 bits per heavy atom. The van der Waals surface area contributed by atoms with Crippen LogP contribution in [-0.4, -0.2) is 17.0 Å². The van der Waals surface area contributed by atoms with Crippen LogP contribution in [-0.2, 0) is 0 Å². The Morgan fingerprint density at radius 3 is 2.38 bits per heavy atom. The Kier molecular flexibility index (Phi) is 2.53. The maximum absolute atomic E-state index is 10.8. The fraction of sp³-hybridized carbons (Fsp3) is 0. The first-order chi connectivity index (χ1) is 6.04. The van der Waals surface area contributed by atoms with Gasteiger partial charge in [0.15, 0.2) is 0 Å². The van der Waals surface area contributed by atoms with Gasteiger partial charge in [0, 0.05) is 0 Å². The standard InChI is InChI=1S/C8H6ClNO3/c9-5-3-1-2-4(7(10)11)6(5)8(12)13/h1-3H,(H2,10,11)(H,12,13). The van der Waals surface area contributed by atoms with Crippen LogP contribution < -0.4 is 5.73 Å². The lowest BCUT2D eigenvalue weighted by Crippen LogP contribution is -2.16. The largest absolute Gasteiger partial charge is 0.478 e. The zero-order valence-electron chi connectivity index (χ0n) is 6.45. The van der Waals surface area contributed by atoms with Crippen LogP contribution in [0.15, 0.2) is 18.2 Å². The van der Waals surface area contributed by atoms with Gasteiger partial charge in [-0.25, -0.2) is 4.79 Å². The van der Waals surface area contributed by atoms with Crippen molar-refractivity contribution < 1.29 is 14.7 Å². The Labute approximate surface area is 78.9 Å². The molecule has 1 rings (SSSR count). The van der Waals surface area contributed by atoms with Crippen molar-refractivity contribution in [2.24, 2.45) is 5.73 Å². The minimum Gasteiger partial charge on any atom is -0.478 e. The van der Waals surface area contributed by atoms with Crippen molar-refractivity contribution in [3.8, 4) is 0 Å². The van der Waals surface area contributed by atoms with Gasteiger partial charge in [-0.05, 0) is 12.1 Å². The lowest BCUT2D eigenvalue weighted by Gasteiger charge is -2.02. The Hall–Kier alpha value is -1.55. The van der Waals surface area contributed by atoms with E-state index in [9.17, 15) is 9.59 Å². The zero-order valence-corrected chi connectivity index (χ0v) is 7.21. The minimum atomic E-state index is -1.26. The molecule has 1 amide bonds. The van der Waals surface area contributed by atoms with E-state index < -0.39 is 11.9 Å². The monoisotopic (exact) mass is 199 g/mol. The number of rotatable bonds is 2. The number of halogens is 1. The van der Waals surface area contributed by atoms with Gasteiger partial charge >= 0.3 is 5.97 Å². The van der Waals surface area contributed by atoms with Crippen molar-refractivity contribution >= 4 is 23.5 Å². The van der Waals surface area contributed by atoms with Gasteiger partial charge in [-0.2, -0.15) is 0 Å². The molecule has 0 aliphatic heterocycles. The van der Waals surface area contributed by atoms with E-state index in [-0.39, 0.29) is 16.1 Å². The highest BCUT2D eigenvalue weighted by Crippen LogP contribution is 2.19. The highest BCUT2D eigenvalue weighted by Gasteiger charge is 2.17. The molecule has 0 spiro atoms. The van der Waals surface area contributed by atoms with Crippen molar-refractivity contribution in [2.45, 2.75) is 0 Å². The third-order valence-corrected chi connectivity index (χ3v) is 1.81. The molecule has 1 aromatic carbocycles. The maximum Gasteiger partial charge on any atom is 0.338 e. The molecule has 68 valence electrons. The number of nitrogens with two attached hydrogens (primary N) is 1. The first-order valence-corrected chi connectivity index (χ1v) is 3.73. The molecule has 0 unspecified atom stereocenters. The van der Waals surface area contributed by atoms with E-state index in [4.69, 9.17) is 22.4 Å². The van der Waals surface area contributed by atoms with E-state index in [0.29, 0.717) is 0 Å². The molecule has 0 heterocycles. The number of carbonyl (C=O) groups excluding carboxylic acids is 1. The second-order valence-corrected chi connectivity index (χ2v) is 2.74. The molecule has 0 bridgehead atoms. The van der Waals surface area contributed by atoms with Crippen molar-refractivity contribution in [1.82, 2.24) is 0 Å². The van der Waals surface area contributed by atoms with E-state index >= 15 is 0 Å². The third-order valence-electron chi connectivity index (χ3n) is 1.49. The minimum absolute atomic E-state index is 0.00352. The van der Waals surface area contributed by atoms with Crippen LogP contribution >= 0.6 is 11.6 Å². The molecule has 0 saturated heterocycles. The average Bonchev–Trinajstić information content (AvgIpc) is 2.02. The molecular weight excluding hydrogens is 194 g/mol. The fourth-order valence-corrected chi connectivity index (χ4v) is 1.20. The predicted octanol–water partition coefficient (Wildman–Crippen LogP) is 1.14. The molecule has 0 aromatic heterocycles. The fourth-order valence-electron chi connectivity index (χ4n) is 0.947. The average molecular weight is 200 g/mol. The van der Waals surface area contributed by atoms with E-state index in [1.165, 1.54) is 18.2 Å². The quantitative estimate of drug-likeness (QED) is 0.750. The molecule has 13 heavy (non-hydrogen) atoms. The molecule has 0 atom stereocenters. The van der Waals surface area contributed by atoms with Crippen molar-refractivity contribution in [3.63, 3.8) is 0 Å². The summed E-state index contributed by atoms with van der Waals surface area (Å²) >= 11 is 5.58. The normalized spacial score (nSPS) is 9.62. The van der Waals surface area contributed by atoms with Crippen LogP contribution in [0.2, 0.25) is 5.02 Å². The lowest BCUT2D eigenvalue weighted by molar-refractivity contribution is 0.0692. The summed E-state index contributed by atoms with van der Waals surface area (Å²) in [6.45, 7) is 0. The van der Waals surface area contributed by atoms with Crippen molar-refractivity contribution in [2.75, 3.05) is 0 Å². The van der Waals surface area contributed by atoms with Crippen LogP contribution in [0.5, 0.6) is 0 Å². The Balaban J connectivity index is 3.43. The van der Waals surface area contributed by atoms with Crippen molar-refractivity contribution in [1.29, 1.82) is 0 Å². The first kappa shape index (κ1) is 9.54. The number of carboxylic acid groups (broad SMARTS) is 1. The molecule has 0 saturated carbocycles. The van der Waals surface area contributed by atoms with Crippen LogP contribution in [0.1, 0.15) is 20.7 Å². The SMILES string of the molecule is NC(=O)c1cccc(Cl)c1C(=O)O. The number of carboxylic acids is 1. The van der Waals surface area contributed by atoms with Gasteiger partial charge in [0.1, 0.15) is 0 Å². The second-order valence-electron chi connectivity index (χ2n) is 2.33. The van der Waals surface area contributed by atoms with Crippen LogP contribution in [0, 0.1) is 0 Å². The van der Waals surface area contributed by atoms with E-state index in [2.05, 4.69) is 0 Å². The molecule has 0 aliphatic carbocycles. The first-order valence-electron chi connectivity index (χ1n) is 3.35. The summed E-state index contributed by atoms with van der Waals surface area (Å²) in [5.41, 5.74) is 4.62. The summed E-state index contributed by atoms with van der Waals surface area (Å²) in [6, 6.07) is 4.17. The zero-order chi connectivity index (χ0) is 10.0. The number of carbonyl (C=O) groups is 2. The highest BCUT2D eigenvalue weighted by atomic mass is 35.5. The number of aromatic carboxylic acids is 1. The molecule has 3 N–H and O–H groups in total. The maximum atomic E-state index is 10.8. The van der Waals surface area contributed by atoms with E-state index in [0.717, 1.165) is 0 Å². The van der Waals surface area contributed by atoms with Gasteiger partial charge in [-0.1, -0.05) is 17.7 Å². The molecule has 0 radical (unpaired) electrons. The Morgan fingerprint density at radius 1 is 1.38 bits per heavy atom.